The average molecular weight is 495 g/mol. The molecule has 1 saturated heterocycles. The zero-order chi connectivity index (χ0) is 24.5. The van der Waals surface area contributed by atoms with E-state index in [0.29, 0.717) is 46.9 Å². The summed E-state index contributed by atoms with van der Waals surface area (Å²) in [5, 5.41) is 4.65. The molecular weight excluding hydrogens is 470 g/mol. The van der Waals surface area contributed by atoms with E-state index in [-0.39, 0.29) is 35.6 Å². The summed E-state index contributed by atoms with van der Waals surface area (Å²) in [5.41, 5.74) is 2.17. The second-order valence-electron chi connectivity index (χ2n) is 8.80. The van der Waals surface area contributed by atoms with Crippen molar-refractivity contribution in [3.05, 3.63) is 87.0 Å². The van der Waals surface area contributed by atoms with Crippen molar-refractivity contribution in [2.75, 3.05) is 23.3 Å². The smallest absolute Gasteiger partial charge is 0.273 e. The van der Waals surface area contributed by atoms with Crippen LogP contribution in [0.4, 0.5) is 20.4 Å². The Kier molecular flexibility index (Phi) is 6.34. The van der Waals surface area contributed by atoms with Crippen LogP contribution in [-0.4, -0.2) is 28.5 Å². The lowest BCUT2D eigenvalue weighted by Gasteiger charge is -2.34. The summed E-state index contributed by atoms with van der Waals surface area (Å²) in [6.45, 7) is 2.94. The largest absolute Gasteiger partial charge is 0.341 e. The first kappa shape index (κ1) is 23.2. The van der Waals surface area contributed by atoms with E-state index >= 15 is 0 Å². The van der Waals surface area contributed by atoms with E-state index in [1.54, 1.807) is 35.8 Å². The molecule has 2 aromatic heterocycles. The predicted octanol–water partition coefficient (Wildman–Crippen LogP) is 4.95. The van der Waals surface area contributed by atoms with Gasteiger partial charge < -0.3 is 10.2 Å². The van der Waals surface area contributed by atoms with E-state index in [9.17, 15) is 18.4 Å². The van der Waals surface area contributed by atoms with Crippen LogP contribution in [0.2, 0.25) is 0 Å². The van der Waals surface area contributed by atoms with Crippen LogP contribution in [0.3, 0.4) is 0 Å². The molecule has 9 heteroatoms. The molecule has 0 unspecified atom stereocenters. The molecule has 0 bridgehead atoms. The van der Waals surface area contributed by atoms with Gasteiger partial charge in [0.15, 0.2) is 0 Å². The number of aromatic nitrogens is 2. The number of benzene rings is 2. The number of rotatable bonds is 5. The van der Waals surface area contributed by atoms with Gasteiger partial charge in [-0.15, -0.1) is 11.3 Å². The molecule has 0 radical (unpaired) electrons. The number of anilines is 2. The van der Waals surface area contributed by atoms with Gasteiger partial charge in [0.1, 0.15) is 16.3 Å². The lowest BCUT2D eigenvalue weighted by Crippen LogP contribution is -2.43. The minimum atomic E-state index is -0.369. The van der Waals surface area contributed by atoms with Gasteiger partial charge >= 0.3 is 0 Å². The molecule has 5 rings (SSSR count). The van der Waals surface area contributed by atoms with Crippen molar-refractivity contribution >= 4 is 39.1 Å². The number of halogens is 2. The van der Waals surface area contributed by atoms with Crippen molar-refractivity contribution in [1.82, 2.24) is 9.55 Å². The quantitative estimate of drug-likeness (QED) is 0.427. The Labute approximate surface area is 204 Å². The van der Waals surface area contributed by atoms with Crippen LogP contribution in [0.5, 0.6) is 0 Å². The minimum Gasteiger partial charge on any atom is -0.341 e. The summed E-state index contributed by atoms with van der Waals surface area (Å²) in [4.78, 5) is 33.1. The van der Waals surface area contributed by atoms with E-state index in [2.05, 4.69) is 5.32 Å². The molecular formula is C26H24F2N4O2S. The van der Waals surface area contributed by atoms with Crippen molar-refractivity contribution < 1.29 is 13.6 Å². The second kappa shape index (κ2) is 9.58. The lowest BCUT2D eigenvalue weighted by atomic mass is 9.97. The Morgan fingerprint density at radius 3 is 2.74 bits per heavy atom. The fourth-order valence-electron chi connectivity index (χ4n) is 4.38. The average Bonchev–Trinajstić information content (AvgIpc) is 3.33. The molecule has 1 amide bonds. The molecule has 1 aliphatic heterocycles. The standard InChI is InChI=1S/C26H24F2N4O2S/c1-16-4-9-20(13-21(16)28)29-24(33)18-3-2-11-31(15-18)26-30-22-10-12-35-23(22)25(34)32(26)14-17-5-7-19(27)8-6-17/h4-10,12-13,18H,2-3,11,14-15H2,1H3,(H,29,33)/t18-/m0/s1. The molecule has 6 nitrogen and oxygen atoms in total. The first-order valence-electron chi connectivity index (χ1n) is 11.4. The Hall–Kier alpha value is -3.59. The van der Waals surface area contributed by atoms with Crippen molar-refractivity contribution in [2.24, 2.45) is 5.92 Å². The van der Waals surface area contributed by atoms with Crippen molar-refractivity contribution in [3.63, 3.8) is 0 Å². The van der Waals surface area contributed by atoms with Crippen LogP contribution in [0, 0.1) is 24.5 Å². The van der Waals surface area contributed by atoms with Gasteiger partial charge in [0, 0.05) is 18.8 Å². The fraction of sp³-hybridized carbons (Fsp3) is 0.269. The molecule has 35 heavy (non-hydrogen) atoms. The summed E-state index contributed by atoms with van der Waals surface area (Å²) in [7, 11) is 0. The molecule has 0 aliphatic carbocycles. The van der Waals surface area contributed by atoms with Crippen LogP contribution in [0.1, 0.15) is 24.0 Å². The summed E-state index contributed by atoms with van der Waals surface area (Å²) in [6.07, 6.45) is 1.42. The minimum absolute atomic E-state index is 0.161. The summed E-state index contributed by atoms with van der Waals surface area (Å²) < 4.78 is 29.5. The molecule has 1 aliphatic rings. The number of aryl methyl sites for hydroxylation is 1. The molecule has 1 N–H and O–H groups in total. The molecule has 1 fully saturated rings. The maximum atomic E-state index is 13.9. The van der Waals surface area contributed by atoms with Crippen molar-refractivity contribution in [3.8, 4) is 0 Å². The Morgan fingerprint density at radius 2 is 1.97 bits per heavy atom. The summed E-state index contributed by atoms with van der Waals surface area (Å²) in [5.74, 6) is -0.758. The maximum absolute atomic E-state index is 13.9. The number of hydrogen-bond acceptors (Lipinski definition) is 5. The molecule has 3 heterocycles. The molecule has 180 valence electrons. The summed E-state index contributed by atoms with van der Waals surface area (Å²) >= 11 is 1.34. The van der Waals surface area contributed by atoms with Gasteiger partial charge in [-0.3, -0.25) is 14.2 Å². The normalized spacial score (nSPS) is 16.0. The van der Waals surface area contributed by atoms with Crippen LogP contribution >= 0.6 is 11.3 Å². The second-order valence-corrected chi connectivity index (χ2v) is 9.72. The van der Waals surface area contributed by atoms with E-state index < -0.39 is 0 Å². The Balaban J connectivity index is 1.43. The highest BCUT2D eigenvalue weighted by molar-refractivity contribution is 7.17. The SMILES string of the molecule is Cc1ccc(NC(=O)[C@H]2CCCN(c3nc4ccsc4c(=O)n3Cc3ccc(F)cc3)C2)cc1F. The third-order valence-electron chi connectivity index (χ3n) is 6.31. The van der Waals surface area contributed by atoms with E-state index in [4.69, 9.17) is 4.98 Å². The van der Waals surface area contributed by atoms with Crippen molar-refractivity contribution in [1.29, 1.82) is 0 Å². The van der Waals surface area contributed by atoms with E-state index in [0.717, 1.165) is 12.0 Å². The number of thiophene rings is 1. The number of fused-ring (bicyclic) bond motifs is 1. The van der Waals surface area contributed by atoms with E-state index in [1.807, 2.05) is 16.3 Å². The Bertz CT molecular complexity index is 1450. The van der Waals surface area contributed by atoms with Crippen LogP contribution in [0.25, 0.3) is 10.2 Å². The molecule has 0 spiro atoms. The highest BCUT2D eigenvalue weighted by Gasteiger charge is 2.29. The number of carbonyl (C=O) groups is 1. The van der Waals surface area contributed by atoms with Crippen LogP contribution in [-0.2, 0) is 11.3 Å². The topological polar surface area (TPSA) is 67.2 Å². The Morgan fingerprint density at radius 1 is 1.17 bits per heavy atom. The van der Waals surface area contributed by atoms with Gasteiger partial charge in [-0.2, -0.15) is 0 Å². The molecule has 0 saturated carbocycles. The molecule has 1 atom stereocenters. The first-order valence-corrected chi connectivity index (χ1v) is 12.3. The van der Waals surface area contributed by atoms with Crippen LogP contribution < -0.4 is 15.8 Å². The van der Waals surface area contributed by atoms with Gasteiger partial charge in [-0.25, -0.2) is 13.8 Å². The maximum Gasteiger partial charge on any atom is 0.273 e. The van der Waals surface area contributed by atoms with E-state index in [1.165, 1.54) is 29.5 Å². The number of amides is 1. The number of carbonyl (C=O) groups excluding carboxylic acids is 1. The molecule has 4 aromatic rings. The fourth-order valence-corrected chi connectivity index (χ4v) is 5.15. The molecule has 2 aromatic carbocycles. The number of nitrogens with zero attached hydrogens (tertiary/aromatic N) is 3. The van der Waals surface area contributed by atoms with Gasteiger partial charge in [0.25, 0.3) is 5.56 Å². The van der Waals surface area contributed by atoms with Gasteiger partial charge in [-0.1, -0.05) is 18.2 Å². The lowest BCUT2D eigenvalue weighted by molar-refractivity contribution is -0.120. The third-order valence-corrected chi connectivity index (χ3v) is 7.21. The number of nitrogens with one attached hydrogen (secondary N) is 1. The van der Waals surface area contributed by atoms with Gasteiger partial charge in [0.05, 0.1) is 18.0 Å². The zero-order valence-electron chi connectivity index (χ0n) is 19.1. The third kappa shape index (κ3) is 4.81. The highest BCUT2D eigenvalue weighted by Crippen LogP contribution is 2.26. The van der Waals surface area contributed by atoms with Crippen molar-refractivity contribution in [2.45, 2.75) is 26.3 Å². The highest BCUT2D eigenvalue weighted by atomic mass is 32.1. The number of piperidine rings is 1. The summed E-state index contributed by atoms with van der Waals surface area (Å²) in [6, 6.07) is 12.5. The number of hydrogen-bond donors (Lipinski definition) is 1. The van der Waals surface area contributed by atoms with Gasteiger partial charge in [0.2, 0.25) is 11.9 Å². The van der Waals surface area contributed by atoms with Gasteiger partial charge in [-0.05, 0) is 66.6 Å². The first-order chi connectivity index (χ1) is 16.9. The van der Waals surface area contributed by atoms with Crippen LogP contribution in [0.15, 0.2) is 58.7 Å². The zero-order valence-corrected chi connectivity index (χ0v) is 19.9. The monoisotopic (exact) mass is 494 g/mol. The predicted molar refractivity (Wildman–Crippen MR) is 134 cm³/mol.